The van der Waals surface area contributed by atoms with Crippen molar-refractivity contribution in [1.29, 1.82) is 0 Å². The number of ether oxygens (including phenoxy) is 1. The van der Waals surface area contributed by atoms with Crippen LogP contribution in [-0.2, 0) is 13.0 Å². The molecule has 3 rings (SSSR count). The molecule has 0 saturated heterocycles. The van der Waals surface area contributed by atoms with Gasteiger partial charge in [-0.15, -0.1) is 0 Å². The van der Waals surface area contributed by atoms with Gasteiger partial charge >= 0.3 is 0 Å². The van der Waals surface area contributed by atoms with Crippen LogP contribution >= 0.6 is 11.6 Å². The van der Waals surface area contributed by atoms with E-state index in [0.29, 0.717) is 6.54 Å². The molecule has 0 fully saturated rings. The maximum absolute atomic E-state index is 6.13. The molecular formula is C16H16ClNO. The smallest absolute Gasteiger partial charge is 0.130 e. The molecule has 2 N–H and O–H groups in total. The van der Waals surface area contributed by atoms with Crippen molar-refractivity contribution in [2.45, 2.75) is 19.4 Å². The number of halogens is 1. The summed E-state index contributed by atoms with van der Waals surface area (Å²) in [4.78, 5) is 0. The van der Waals surface area contributed by atoms with Gasteiger partial charge in [0.2, 0.25) is 0 Å². The number of aryl methyl sites for hydroxylation is 1. The van der Waals surface area contributed by atoms with E-state index in [1.54, 1.807) is 0 Å². The van der Waals surface area contributed by atoms with Gasteiger partial charge in [-0.2, -0.15) is 0 Å². The summed E-state index contributed by atoms with van der Waals surface area (Å²) < 4.78 is 5.86. The third-order valence-corrected chi connectivity index (χ3v) is 3.75. The van der Waals surface area contributed by atoms with Crippen molar-refractivity contribution >= 4 is 11.6 Å². The summed E-state index contributed by atoms with van der Waals surface area (Å²) in [5.74, 6) is 0.991. The lowest BCUT2D eigenvalue weighted by molar-refractivity contribution is 0.289. The van der Waals surface area contributed by atoms with E-state index in [-0.39, 0.29) is 0 Å². The van der Waals surface area contributed by atoms with Crippen LogP contribution in [0, 0.1) is 0 Å². The summed E-state index contributed by atoms with van der Waals surface area (Å²) >= 11 is 6.13. The Balaban J connectivity index is 2.19. The molecule has 2 aromatic carbocycles. The van der Waals surface area contributed by atoms with Gasteiger partial charge in [-0.25, -0.2) is 0 Å². The molecule has 0 unspecified atom stereocenters. The Kier molecular flexibility index (Phi) is 3.45. The highest BCUT2D eigenvalue weighted by atomic mass is 35.5. The van der Waals surface area contributed by atoms with Crippen LogP contribution in [0.4, 0.5) is 0 Å². The van der Waals surface area contributed by atoms with Crippen LogP contribution in [-0.4, -0.2) is 6.61 Å². The maximum atomic E-state index is 6.13. The Morgan fingerprint density at radius 2 is 2.05 bits per heavy atom. The van der Waals surface area contributed by atoms with Gasteiger partial charge in [0.1, 0.15) is 5.75 Å². The highest BCUT2D eigenvalue weighted by Crippen LogP contribution is 2.38. The van der Waals surface area contributed by atoms with Gasteiger partial charge in [0.15, 0.2) is 0 Å². The van der Waals surface area contributed by atoms with Crippen LogP contribution in [0.5, 0.6) is 5.75 Å². The number of benzene rings is 2. The molecular weight excluding hydrogens is 258 g/mol. The fraction of sp³-hybridized carbons (Fsp3) is 0.250. The predicted molar refractivity (Wildman–Crippen MR) is 78.6 cm³/mol. The molecule has 98 valence electrons. The SMILES string of the molecule is NCc1ccc(Cl)cc1-c1cccc2c1OCCC2. The molecule has 0 aromatic heterocycles. The van der Waals surface area contributed by atoms with E-state index < -0.39 is 0 Å². The Morgan fingerprint density at radius 3 is 2.89 bits per heavy atom. The largest absolute Gasteiger partial charge is 0.493 e. The molecule has 1 aliphatic rings. The van der Waals surface area contributed by atoms with E-state index in [0.717, 1.165) is 46.9 Å². The van der Waals surface area contributed by atoms with Gasteiger partial charge in [0.25, 0.3) is 0 Å². The monoisotopic (exact) mass is 273 g/mol. The average molecular weight is 274 g/mol. The minimum absolute atomic E-state index is 0.496. The first-order chi connectivity index (χ1) is 9.29. The third kappa shape index (κ3) is 2.34. The molecule has 2 nitrogen and oxygen atoms in total. The number of nitrogens with two attached hydrogens (primary N) is 1. The molecule has 0 atom stereocenters. The molecule has 0 saturated carbocycles. The minimum atomic E-state index is 0.496. The number of para-hydroxylation sites is 1. The molecule has 0 aliphatic carbocycles. The standard InChI is InChI=1S/C16H16ClNO/c17-13-7-6-12(10-18)15(9-13)14-5-1-3-11-4-2-8-19-16(11)14/h1,3,5-7,9H,2,4,8,10,18H2. The first-order valence-electron chi connectivity index (χ1n) is 6.53. The molecule has 1 heterocycles. The first kappa shape index (κ1) is 12.5. The van der Waals surface area contributed by atoms with Crippen molar-refractivity contribution in [1.82, 2.24) is 0 Å². The Labute approximate surface area is 118 Å². The predicted octanol–water partition coefficient (Wildman–Crippen LogP) is 3.79. The first-order valence-corrected chi connectivity index (χ1v) is 6.91. The van der Waals surface area contributed by atoms with Crippen molar-refractivity contribution in [3.8, 4) is 16.9 Å². The van der Waals surface area contributed by atoms with Crippen LogP contribution in [0.25, 0.3) is 11.1 Å². The van der Waals surface area contributed by atoms with Crippen molar-refractivity contribution < 1.29 is 4.74 Å². The van der Waals surface area contributed by atoms with E-state index in [1.807, 2.05) is 18.2 Å². The van der Waals surface area contributed by atoms with Crippen LogP contribution in [0.3, 0.4) is 0 Å². The molecule has 19 heavy (non-hydrogen) atoms. The summed E-state index contributed by atoms with van der Waals surface area (Å²) in [6.45, 7) is 1.28. The number of hydrogen-bond donors (Lipinski definition) is 1. The third-order valence-electron chi connectivity index (χ3n) is 3.52. The second-order valence-corrected chi connectivity index (χ2v) is 5.19. The fourth-order valence-electron chi connectivity index (χ4n) is 2.58. The summed E-state index contributed by atoms with van der Waals surface area (Å²) in [6.07, 6.45) is 2.15. The number of rotatable bonds is 2. The molecule has 0 amide bonds. The van der Waals surface area contributed by atoms with Crippen molar-refractivity contribution in [3.05, 3.63) is 52.5 Å². The quantitative estimate of drug-likeness (QED) is 0.903. The summed E-state index contributed by atoms with van der Waals surface area (Å²) in [6, 6.07) is 12.1. The molecule has 0 radical (unpaired) electrons. The summed E-state index contributed by atoms with van der Waals surface area (Å²) in [5.41, 5.74) is 10.4. The van der Waals surface area contributed by atoms with Crippen LogP contribution in [0.2, 0.25) is 5.02 Å². The number of hydrogen-bond acceptors (Lipinski definition) is 2. The lowest BCUT2D eigenvalue weighted by Crippen LogP contribution is -2.10. The van der Waals surface area contributed by atoms with Gasteiger partial charge in [-0.05, 0) is 41.7 Å². The second kappa shape index (κ2) is 5.24. The van der Waals surface area contributed by atoms with E-state index >= 15 is 0 Å². The van der Waals surface area contributed by atoms with E-state index in [1.165, 1.54) is 5.56 Å². The van der Waals surface area contributed by atoms with E-state index in [4.69, 9.17) is 22.1 Å². The summed E-state index contributed by atoms with van der Waals surface area (Å²) in [5, 5.41) is 0.723. The van der Waals surface area contributed by atoms with Gasteiger partial charge in [-0.3, -0.25) is 0 Å². The zero-order valence-corrected chi connectivity index (χ0v) is 11.4. The van der Waals surface area contributed by atoms with Crippen LogP contribution < -0.4 is 10.5 Å². The molecule has 3 heteroatoms. The normalized spacial score (nSPS) is 13.8. The fourth-order valence-corrected chi connectivity index (χ4v) is 2.75. The lowest BCUT2D eigenvalue weighted by Gasteiger charge is -2.21. The topological polar surface area (TPSA) is 35.2 Å². The zero-order chi connectivity index (χ0) is 13.2. The zero-order valence-electron chi connectivity index (χ0n) is 10.7. The average Bonchev–Trinajstić information content (AvgIpc) is 2.46. The number of fused-ring (bicyclic) bond motifs is 1. The van der Waals surface area contributed by atoms with Crippen LogP contribution in [0.15, 0.2) is 36.4 Å². The molecule has 2 aromatic rings. The second-order valence-electron chi connectivity index (χ2n) is 4.75. The van der Waals surface area contributed by atoms with E-state index in [9.17, 15) is 0 Å². The lowest BCUT2D eigenvalue weighted by atomic mass is 9.94. The van der Waals surface area contributed by atoms with Crippen LogP contribution in [0.1, 0.15) is 17.5 Å². The van der Waals surface area contributed by atoms with Crippen molar-refractivity contribution in [3.63, 3.8) is 0 Å². The minimum Gasteiger partial charge on any atom is -0.493 e. The van der Waals surface area contributed by atoms with Crippen molar-refractivity contribution in [2.24, 2.45) is 5.73 Å². The van der Waals surface area contributed by atoms with Gasteiger partial charge in [-0.1, -0.05) is 35.9 Å². The molecule has 1 aliphatic heterocycles. The van der Waals surface area contributed by atoms with Crippen molar-refractivity contribution in [2.75, 3.05) is 6.61 Å². The molecule has 0 bridgehead atoms. The maximum Gasteiger partial charge on any atom is 0.130 e. The Bertz CT molecular complexity index is 610. The van der Waals surface area contributed by atoms with E-state index in [2.05, 4.69) is 18.2 Å². The Morgan fingerprint density at radius 1 is 1.16 bits per heavy atom. The highest BCUT2D eigenvalue weighted by molar-refractivity contribution is 6.30. The van der Waals surface area contributed by atoms with Gasteiger partial charge in [0.05, 0.1) is 6.61 Å². The summed E-state index contributed by atoms with van der Waals surface area (Å²) in [7, 11) is 0. The highest BCUT2D eigenvalue weighted by Gasteiger charge is 2.17. The Hall–Kier alpha value is -1.51. The van der Waals surface area contributed by atoms with Gasteiger partial charge in [0, 0.05) is 17.1 Å². The molecule has 0 spiro atoms. The van der Waals surface area contributed by atoms with Gasteiger partial charge < -0.3 is 10.5 Å².